The average molecular weight is 287 g/mol. The first-order valence-corrected chi connectivity index (χ1v) is 8.08. The molecule has 1 atom stereocenters. The Balaban J connectivity index is 1.95. The van der Waals surface area contributed by atoms with Crippen molar-refractivity contribution >= 4 is 9.84 Å². The third-order valence-electron chi connectivity index (χ3n) is 3.30. The Morgan fingerprint density at radius 3 is 2.89 bits per heavy atom. The lowest BCUT2D eigenvalue weighted by Gasteiger charge is -2.23. The molecule has 1 aliphatic rings. The number of halogens is 1. The van der Waals surface area contributed by atoms with Crippen molar-refractivity contribution in [1.29, 1.82) is 0 Å². The SMILES string of the molecule is COc1ccc(CNC2CCCS(=O)(=O)C2)c(F)c1. The molecule has 2 rings (SSSR count). The van der Waals surface area contributed by atoms with E-state index in [0.29, 0.717) is 24.3 Å². The van der Waals surface area contributed by atoms with Crippen LogP contribution in [0.15, 0.2) is 18.2 Å². The molecule has 1 N–H and O–H groups in total. The second kappa shape index (κ2) is 5.88. The molecule has 0 radical (unpaired) electrons. The second-order valence-electron chi connectivity index (χ2n) is 4.79. The smallest absolute Gasteiger partial charge is 0.151 e. The Bertz CT molecular complexity index is 545. The van der Waals surface area contributed by atoms with E-state index in [1.165, 1.54) is 13.2 Å². The highest BCUT2D eigenvalue weighted by Gasteiger charge is 2.24. The molecule has 0 bridgehead atoms. The number of hydrogen-bond donors (Lipinski definition) is 1. The lowest BCUT2D eigenvalue weighted by molar-refractivity contribution is 0.410. The Hall–Kier alpha value is -1.14. The van der Waals surface area contributed by atoms with Crippen LogP contribution in [0.25, 0.3) is 0 Å². The number of nitrogens with one attached hydrogen (secondary N) is 1. The molecule has 4 nitrogen and oxygen atoms in total. The van der Waals surface area contributed by atoms with Gasteiger partial charge < -0.3 is 10.1 Å². The summed E-state index contributed by atoms with van der Waals surface area (Å²) in [6.07, 6.45) is 1.49. The summed E-state index contributed by atoms with van der Waals surface area (Å²) < 4.78 is 41.6. The number of rotatable bonds is 4. The third kappa shape index (κ3) is 3.91. The Morgan fingerprint density at radius 2 is 2.26 bits per heavy atom. The van der Waals surface area contributed by atoms with E-state index in [4.69, 9.17) is 4.74 Å². The highest BCUT2D eigenvalue weighted by atomic mass is 32.2. The zero-order chi connectivity index (χ0) is 13.9. The van der Waals surface area contributed by atoms with E-state index in [9.17, 15) is 12.8 Å². The van der Waals surface area contributed by atoms with Crippen molar-refractivity contribution in [3.63, 3.8) is 0 Å². The third-order valence-corrected chi connectivity index (χ3v) is 5.13. The largest absolute Gasteiger partial charge is 0.497 e. The van der Waals surface area contributed by atoms with Crippen LogP contribution >= 0.6 is 0 Å². The van der Waals surface area contributed by atoms with Crippen LogP contribution in [0.2, 0.25) is 0 Å². The minimum absolute atomic E-state index is 0.0831. The second-order valence-corrected chi connectivity index (χ2v) is 7.02. The molecule has 0 spiro atoms. The first kappa shape index (κ1) is 14.3. The minimum atomic E-state index is -2.93. The van der Waals surface area contributed by atoms with Gasteiger partial charge in [-0.3, -0.25) is 0 Å². The highest BCUT2D eigenvalue weighted by Crippen LogP contribution is 2.17. The van der Waals surface area contributed by atoms with Crippen molar-refractivity contribution in [3.8, 4) is 5.75 Å². The zero-order valence-electron chi connectivity index (χ0n) is 10.9. The van der Waals surface area contributed by atoms with Gasteiger partial charge in [0.1, 0.15) is 11.6 Å². The van der Waals surface area contributed by atoms with Crippen LogP contribution in [-0.2, 0) is 16.4 Å². The number of ether oxygens (including phenoxy) is 1. The highest BCUT2D eigenvalue weighted by molar-refractivity contribution is 7.91. The first-order valence-electron chi connectivity index (χ1n) is 6.26. The molecule has 1 heterocycles. The number of methoxy groups -OCH3 is 1. The number of sulfone groups is 1. The standard InChI is InChI=1S/C13H18FNO3S/c1-18-12-5-4-10(13(14)7-12)8-15-11-3-2-6-19(16,17)9-11/h4-5,7,11,15H,2-3,6,8-9H2,1H3. The van der Waals surface area contributed by atoms with Crippen LogP contribution in [-0.4, -0.2) is 33.1 Å². The van der Waals surface area contributed by atoms with Gasteiger partial charge in [-0.05, 0) is 18.9 Å². The lowest BCUT2D eigenvalue weighted by atomic mass is 10.1. The molecule has 106 valence electrons. The fourth-order valence-corrected chi connectivity index (χ4v) is 3.91. The van der Waals surface area contributed by atoms with Gasteiger partial charge in [0.15, 0.2) is 9.84 Å². The van der Waals surface area contributed by atoms with E-state index in [0.717, 1.165) is 6.42 Å². The van der Waals surface area contributed by atoms with Crippen LogP contribution in [0.1, 0.15) is 18.4 Å². The predicted molar refractivity (Wildman–Crippen MR) is 71.5 cm³/mol. The topological polar surface area (TPSA) is 55.4 Å². The molecular formula is C13H18FNO3S. The fourth-order valence-electron chi connectivity index (χ4n) is 2.24. The molecule has 1 aliphatic heterocycles. The van der Waals surface area contributed by atoms with E-state index < -0.39 is 9.84 Å². The first-order chi connectivity index (χ1) is 9.00. The van der Waals surface area contributed by atoms with Crippen LogP contribution in [0.5, 0.6) is 5.75 Å². The molecule has 1 fully saturated rings. The molecule has 0 saturated carbocycles. The van der Waals surface area contributed by atoms with Gasteiger partial charge in [-0.1, -0.05) is 6.07 Å². The molecule has 1 unspecified atom stereocenters. The van der Waals surface area contributed by atoms with Crippen molar-refractivity contribution < 1.29 is 17.5 Å². The average Bonchev–Trinajstić information content (AvgIpc) is 2.36. The molecule has 1 saturated heterocycles. The quantitative estimate of drug-likeness (QED) is 0.912. The van der Waals surface area contributed by atoms with Gasteiger partial charge in [-0.15, -0.1) is 0 Å². The normalized spacial score (nSPS) is 22.1. The summed E-state index contributed by atoms with van der Waals surface area (Å²) in [5.74, 6) is 0.541. The van der Waals surface area contributed by atoms with E-state index in [2.05, 4.69) is 5.32 Å². The van der Waals surface area contributed by atoms with Crippen LogP contribution < -0.4 is 10.1 Å². The summed E-state index contributed by atoms with van der Waals surface area (Å²) >= 11 is 0. The maximum atomic E-state index is 13.7. The lowest BCUT2D eigenvalue weighted by Crippen LogP contribution is -2.39. The molecule has 0 amide bonds. The summed E-state index contributed by atoms with van der Waals surface area (Å²) in [7, 11) is -1.45. The van der Waals surface area contributed by atoms with Gasteiger partial charge >= 0.3 is 0 Å². The van der Waals surface area contributed by atoms with Crippen molar-refractivity contribution in [2.24, 2.45) is 0 Å². The summed E-state index contributed by atoms with van der Waals surface area (Å²) in [5, 5.41) is 3.11. The Labute approximate surface area is 112 Å². The number of hydrogen-bond acceptors (Lipinski definition) is 4. The van der Waals surface area contributed by atoms with Crippen molar-refractivity contribution in [2.45, 2.75) is 25.4 Å². The molecular weight excluding hydrogens is 269 g/mol. The zero-order valence-corrected chi connectivity index (χ0v) is 11.7. The maximum Gasteiger partial charge on any atom is 0.151 e. The van der Waals surface area contributed by atoms with Crippen LogP contribution in [0.4, 0.5) is 4.39 Å². The van der Waals surface area contributed by atoms with E-state index in [-0.39, 0.29) is 23.4 Å². The summed E-state index contributed by atoms with van der Waals surface area (Å²) in [6, 6.07) is 4.59. The fraction of sp³-hybridized carbons (Fsp3) is 0.538. The molecule has 0 aliphatic carbocycles. The summed E-state index contributed by atoms with van der Waals surface area (Å²) in [5.41, 5.74) is 0.517. The molecule has 6 heteroatoms. The summed E-state index contributed by atoms with van der Waals surface area (Å²) in [6.45, 7) is 0.329. The van der Waals surface area contributed by atoms with E-state index >= 15 is 0 Å². The van der Waals surface area contributed by atoms with E-state index in [1.54, 1.807) is 12.1 Å². The Kier molecular flexibility index (Phi) is 4.42. The van der Waals surface area contributed by atoms with Gasteiger partial charge in [0.25, 0.3) is 0 Å². The monoisotopic (exact) mass is 287 g/mol. The molecule has 1 aromatic carbocycles. The molecule has 19 heavy (non-hydrogen) atoms. The predicted octanol–water partition coefficient (Wildman–Crippen LogP) is 1.50. The van der Waals surface area contributed by atoms with Crippen molar-refractivity contribution in [3.05, 3.63) is 29.6 Å². The van der Waals surface area contributed by atoms with Crippen molar-refractivity contribution in [2.75, 3.05) is 18.6 Å². The molecule has 0 aromatic heterocycles. The van der Waals surface area contributed by atoms with Gasteiger partial charge in [0.05, 0.1) is 18.6 Å². The van der Waals surface area contributed by atoms with Crippen LogP contribution in [0, 0.1) is 5.82 Å². The van der Waals surface area contributed by atoms with Gasteiger partial charge in [-0.2, -0.15) is 0 Å². The van der Waals surface area contributed by atoms with Crippen molar-refractivity contribution in [1.82, 2.24) is 5.32 Å². The Morgan fingerprint density at radius 1 is 1.47 bits per heavy atom. The molecule has 1 aromatic rings. The van der Waals surface area contributed by atoms with Gasteiger partial charge in [0.2, 0.25) is 0 Å². The van der Waals surface area contributed by atoms with Crippen LogP contribution in [0.3, 0.4) is 0 Å². The summed E-state index contributed by atoms with van der Waals surface area (Å²) in [4.78, 5) is 0. The maximum absolute atomic E-state index is 13.7. The minimum Gasteiger partial charge on any atom is -0.497 e. The number of benzene rings is 1. The van der Waals surface area contributed by atoms with E-state index in [1.807, 2.05) is 0 Å². The van der Waals surface area contributed by atoms with Gasteiger partial charge in [-0.25, -0.2) is 12.8 Å². The van der Waals surface area contributed by atoms with Gasteiger partial charge in [0, 0.05) is 24.2 Å².